The van der Waals surface area contributed by atoms with Crippen LogP contribution in [0.2, 0.25) is 0 Å². The lowest BCUT2D eigenvalue weighted by Gasteiger charge is -2.24. The maximum absolute atomic E-state index is 12.8. The number of amides is 1. The highest BCUT2D eigenvalue weighted by molar-refractivity contribution is 7.92. The van der Waals surface area contributed by atoms with Gasteiger partial charge in [0.2, 0.25) is 5.91 Å². The Bertz CT molecular complexity index is 1240. The van der Waals surface area contributed by atoms with E-state index in [-0.39, 0.29) is 46.8 Å². The molecule has 2 N–H and O–H groups in total. The zero-order valence-electron chi connectivity index (χ0n) is 18.5. The number of benzene rings is 2. The van der Waals surface area contributed by atoms with E-state index in [0.29, 0.717) is 31.5 Å². The molecule has 34 heavy (non-hydrogen) atoms. The van der Waals surface area contributed by atoms with Crippen LogP contribution in [0.4, 0.5) is 5.69 Å². The SMILES string of the molecule is N#Cc1ccc(S(=O)(=O)Nc2ccccc2)cc1OC[C@H]1CC[C@@H](C(=O)N2CCC[C@H]2C#N)N1. The Labute approximate surface area is 199 Å². The third-order valence-corrected chi connectivity index (χ3v) is 7.45. The summed E-state index contributed by atoms with van der Waals surface area (Å²) in [7, 11) is -3.87. The van der Waals surface area contributed by atoms with Crippen LogP contribution >= 0.6 is 0 Å². The number of sulfonamides is 1. The maximum Gasteiger partial charge on any atom is 0.262 e. The van der Waals surface area contributed by atoms with Crippen molar-refractivity contribution in [1.29, 1.82) is 10.5 Å². The molecule has 0 aliphatic carbocycles. The number of anilines is 1. The number of rotatable bonds is 7. The summed E-state index contributed by atoms with van der Waals surface area (Å²) in [6, 6.07) is 16.0. The fourth-order valence-corrected chi connectivity index (χ4v) is 5.38. The van der Waals surface area contributed by atoms with E-state index in [9.17, 15) is 23.7 Å². The van der Waals surface area contributed by atoms with E-state index in [1.54, 1.807) is 35.2 Å². The van der Waals surface area contributed by atoms with Crippen molar-refractivity contribution in [2.24, 2.45) is 0 Å². The first-order chi connectivity index (χ1) is 16.4. The highest BCUT2D eigenvalue weighted by Gasteiger charge is 2.37. The molecule has 0 unspecified atom stereocenters. The molecule has 0 saturated carbocycles. The largest absolute Gasteiger partial charge is 0.491 e. The van der Waals surface area contributed by atoms with Gasteiger partial charge in [-0.2, -0.15) is 10.5 Å². The number of hydrogen-bond donors (Lipinski definition) is 2. The molecule has 3 atom stereocenters. The molecule has 2 fully saturated rings. The fraction of sp³-hybridized carbons (Fsp3) is 0.375. The summed E-state index contributed by atoms with van der Waals surface area (Å²) in [6.07, 6.45) is 2.86. The van der Waals surface area contributed by atoms with E-state index < -0.39 is 10.0 Å². The van der Waals surface area contributed by atoms with Crippen molar-refractivity contribution in [3.05, 3.63) is 54.1 Å². The molecule has 0 radical (unpaired) electrons. The fourth-order valence-electron chi connectivity index (χ4n) is 4.30. The molecule has 176 valence electrons. The molecule has 2 aliphatic heterocycles. The lowest BCUT2D eigenvalue weighted by molar-refractivity contribution is -0.133. The molecular formula is C24H25N5O4S. The first-order valence-corrected chi connectivity index (χ1v) is 12.6. The molecule has 2 aromatic carbocycles. The summed E-state index contributed by atoms with van der Waals surface area (Å²) in [5.74, 6) is 0.100. The molecule has 9 nitrogen and oxygen atoms in total. The lowest BCUT2D eigenvalue weighted by atomic mass is 10.1. The lowest BCUT2D eigenvalue weighted by Crippen LogP contribution is -2.47. The third kappa shape index (κ3) is 5.14. The Kier molecular flexibility index (Phi) is 7.01. The predicted octanol–water partition coefficient (Wildman–Crippen LogP) is 2.37. The number of carbonyl (C=O) groups excluding carboxylic acids is 1. The van der Waals surface area contributed by atoms with E-state index in [2.05, 4.69) is 16.1 Å². The topological polar surface area (TPSA) is 135 Å². The summed E-state index contributed by atoms with van der Waals surface area (Å²) in [4.78, 5) is 14.4. The summed E-state index contributed by atoms with van der Waals surface area (Å²) in [5, 5.41) is 21.9. The maximum atomic E-state index is 12.8. The van der Waals surface area contributed by atoms with Gasteiger partial charge in [0, 0.05) is 24.3 Å². The minimum absolute atomic E-state index is 0.0191. The third-order valence-electron chi connectivity index (χ3n) is 6.07. The molecular weight excluding hydrogens is 454 g/mol. The van der Waals surface area contributed by atoms with E-state index >= 15 is 0 Å². The number of nitriles is 2. The molecule has 4 rings (SSSR count). The first kappa shape index (κ1) is 23.6. The van der Waals surface area contributed by atoms with Crippen molar-refractivity contribution in [2.75, 3.05) is 17.9 Å². The average Bonchev–Trinajstić information content (AvgIpc) is 3.52. The second-order valence-electron chi connectivity index (χ2n) is 8.36. The van der Waals surface area contributed by atoms with Crippen LogP contribution in [-0.2, 0) is 14.8 Å². The van der Waals surface area contributed by atoms with Gasteiger partial charge in [0.05, 0.1) is 22.6 Å². The number of hydrogen-bond acceptors (Lipinski definition) is 7. The molecule has 2 aliphatic rings. The minimum Gasteiger partial charge on any atom is -0.491 e. The molecule has 1 amide bonds. The van der Waals surface area contributed by atoms with Crippen LogP contribution in [0.15, 0.2) is 53.4 Å². The monoisotopic (exact) mass is 479 g/mol. The van der Waals surface area contributed by atoms with Gasteiger partial charge in [0.15, 0.2) is 0 Å². The van der Waals surface area contributed by atoms with Crippen LogP contribution in [0, 0.1) is 22.7 Å². The van der Waals surface area contributed by atoms with Gasteiger partial charge in [-0.15, -0.1) is 0 Å². The van der Waals surface area contributed by atoms with Crippen LogP contribution in [0.5, 0.6) is 5.75 Å². The predicted molar refractivity (Wildman–Crippen MR) is 124 cm³/mol. The molecule has 2 saturated heterocycles. The Hall–Kier alpha value is -3.60. The average molecular weight is 480 g/mol. The van der Waals surface area contributed by atoms with E-state index in [0.717, 1.165) is 6.42 Å². The van der Waals surface area contributed by atoms with Crippen molar-refractivity contribution in [3.8, 4) is 17.9 Å². The van der Waals surface area contributed by atoms with Crippen molar-refractivity contribution in [1.82, 2.24) is 10.2 Å². The number of carbonyl (C=O) groups is 1. The summed E-state index contributed by atoms with van der Waals surface area (Å²) in [6.45, 7) is 0.774. The van der Waals surface area contributed by atoms with Gasteiger partial charge >= 0.3 is 0 Å². The standard InChI is InChI=1S/C24H25N5O4S/c25-14-17-8-10-21(34(31,32)28-18-5-2-1-3-6-18)13-23(17)33-16-19-9-11-22(27-19)24(30)29-12-4-7-20(29)15-26/h1-3,5-6,8,10,13,19-20,22,27-28H,4,7,9,11-12,16H2/t19-,20+,22+/m1/s1. The minimum atomic E-state index is -3.87. The van der Waals surface area contributed by atoms with Crippen molar-refractivity contribution < 1.29 is 17.9 Å². The van der Waals surface area contributed by atoms with Crippen LogP contribution < -0.4 is 14.8 Å². The van der Waals surface area contributed by atoms with Crippen molar-refractivity contribution >= 4 is 21.6 Å². The molecule has 2 heterocycles. The van der Waals surface area contributed by atoms with Gasteiger partial charge in [-0.1, -0.05) is 18.2 Å². The van der Waals surface area contributed by atoms with Crippen LogP contribution in [0.25, 0.3) is 0 Å². The van der Waals surface area contributed by atoms with Gasteiger partial charge in [-0.05, 0) is 49.9 Å². The zero-order chi connectivity index (χ0) is 24.1. The normalized spacial score (nSPS) is 22.1. The smallest absolute Gasteiger partial charge is 0.262 e. The zero-order valence-corrected chi connectivity index (χ0v) is 19.3. The summed E-state index contributed by atoms with van der Waals surface area (Å²) < 4.78 is 33.9. The second-order valence-corrected chi connectivity index (χ2v) is 10.0. The van der Waals surface area contributed by atoms with E-state index in [4.69, 9.17) is 4.74 Å². The van der Waals surface area contributed by atoms with Crippen molar-refractivity contribution in [2.45, 2.75) is 48.7 Å². The highest BCUT2D eigenvalue weighted by Crippen LogP contribution is 2.26. The number of ether oxygens (including phenoxy) is 1. The van der Waals surface area contributed by atoms with Crippen molar-refractivity contribution in [3.63, 3.8) is 0 Å². The summed E-state index contributed by atoms with van der Waals surface area (Å²) in [5.41, 5.74) is 0.648. The number of nitrogens with one attached hydrogen (secondary N) is 2. The van der Waals surface area contributed by atoms with Gasteiger partial charge in [-0.25, -0.2) is 8.42 Å². The van der Waals surface area contributed by atoms with Crippen LogP contribution in [0.1, 0.15) is 31.2 Å². The second kappa shape index (κ2) is 10.1. The molecule has 0 aromatic heterocycles. The molecule has 0 spiro atoms. The van der Waals surface area contributed by atoms with Gasteiger partial charge < -0.3 is 9.64 Å². The number of likely N-dealkylation sites (tertiary alicyclic amines) is 1. The van der Waals surface area contributed by atoms with Gasteiger partial charge in [0.1, 0.15) is 24.5 Å². The number of nitrogens with zero attached hydrogens (tertiary/aromatic N) is 3. The summed E-state index contributed by atoms with van der Waals surface area (Å²) >= 11 is 0. The van der Waals surface area contributed by atoms with E-state index in [1.807, 2.05) is 6.07 Å². The highest BCUT2D eigenvalue weighted by atomic mass is 32.2. The van der Waals surface area contributed by atoms with Crippen LogP contribution in [-0.4, -0.2) is 50.5 Å². The Morgan fingerprint density at radius 2 is 1.94 bits per heavy atom. The quantitative estimate of drug-likeness (QED) is 0.622. The Morgan fingerprint density at radius 1 is 1.15 bits per heavy atom. The van der Waals surface area contributed by atoms with Crippen LogP contribution in [0.3, 0.4) is 0 Å². The molecule has 10 heteroatoms. The molecule has 2 aromatic rings. The number of para-hydroxylation sites is 1. The Morgan fingerprint density at radius 3 is 2.68 bits per heavy atom. The Balaban J connectivity index is 1.41. The van der Waals surface area contributed by atoms with E-state index in [1.165, 1.54) is 18.2 Å². The first-order valence-electron chi connectivity index (χ1n) is 11.1. The van der Waals surface area contributed by atoms with Gasteiger partial charge in [0.25, 0.3) is 10.0 Å². The molecule has 0 bridgehead atoms. The van der Waals surface area contributed by atoms with Gasteiger partial charge in [-0.3, -0.25) is 14.8 Å².